The molecule has 0 radical (unpaired) electrons. The van der Waals surface area contributed by atoms with Crippen molar-refractivity contribution in [2.75, 3.05) is 26.0 Å². The van der Waals surface area contributed by atoms with Crippen LogP contribution in [0, 0.1) is 0 Å². The molecule has 1 aliphatic carbocycles. The molecule has 1 N–H and O–H groups in total. The number of amides is 1. The van der Waals surface area contributed by atoms with Crippen LogP contribution in [-0.4, -0.2) is 51.2 Å². The van der Waals surface area contributed by atoms with Gasteiger partial charge in [0.05, 0.1) is 34.2 Å². The number of fused-ring (bicyclic) bond motifs is 3. The number of rotatable bonds is 5. The Morgan fingerprint density at radius 2 is 2.00 bits per heavy atom. The summed E-state index contributed by atoms with van der Waals surface area (Å²) in [5.74, 6) is -0.0658. The first kappa shape index (κ1) is 19.6. The van der Waals surface area contributed by atoms with E-state index in [4.69, 9.17) is 10.1 Å². The number of carbonyl (C=O) groups excluding carboxylic acids is 1. The maximum Gasteiger partial charge on any atom is 0.240 e. The molecule has 8 heteroatoms. The lowest BCUT2D eigenvalue weighted by molar-refractivity contribution is -0.116. The van der Waals surface area contributed by atoms with Crippen molar-refractivity contribution in [3.05, 3.63) is 66.1 Å². The van der Waals surface area contributed by atoms with Crippen LogP contribution in [0.1, 0.15) is 11.3 Å². The smallest absolute Gasteiger partial charge is 0.240 e. The zero-order valence-electron chi connectivity index (χ0n) is 17.4. The Kier molecular flexibility index (Phi) is 5.09. The molecule has 0 saturated carbocycles. The third kappa shape index (κ3) is 3.75. The van der Waals surface area contributed by atoms with Crippen molar-refractivity contribution in [2.24, 2.45) is 0 Å². The van der Waals surface area contributed by atoms with Gasteiger partial charge in [-0.3, -0.25) is 9.78 Å². The first-order valence-corrected chi connectivity index (χ1v) is 10.9. The molecule has 0 bridgehead atoms. The highest BCUT2D eigenvalue weighted by Gasteiger charge is 2.30. The first-order valence-electron chi connectivity index (χ1n) is 10.1. The lowest BCUT2D eigenvalue weighted by Crippen LogP contribution is -2.27. The van der Waals surface area contributed by atoms with Gasteiger partial charge in [0.15, 0.2) is 5.13 Å². The zero-order chi connectivity index (χ0) is 21.4. The molecule has 7 nitrogen and oxygen atoms in total. The molecule has 0 unspecified atom stereocenters. The number of aryl methyl sites for hydroxylation is 1. The molecular weight excluding hydrogens is 408 g/mol. The van der Waals surface area contributed by atoms with Crippen LogP contribution in [0.25, 0.3) is 27.5 Å². The summed E-state index contributed by atoms with van der Waals surface area (Å²) in [6.07, 6.45) is 5.28. The average molecular weight is 431 g/mol. The molecule has 5 rings (SSSR count). The van der Waals surface area contributed by atoms with Gasteiger partial charge in [-0.05, 0) is 51.2 Å². The largest absolute Gasteiger partial charge is 0.301 e. The molecule has 3 aromatic heterocycles. The van der Waals surface area contributed by atoms with Gasteiger partial charge in [-0.15, -0.1) is 0 Å². The minimum Gasteiger partial charge on any atom is -0.301 e. The minimum absolute atomic E-state index is 0.0658. The highest BCUT2D eigenvalue weighted by Crippen LogP contribution is 2.43. The molecule has 1 aliphatic rings. The number of pyridine rings is 1. The Morgan fingerprint density at radius 1 is 1.16 bits per heavy atom. The maximum atomic E-state index is 12.2. The molecule has 1 aromatic carbocycles. The van der Waals surface area contributed by atoms with Crippen molar-refractivity contribution in [2.45, 2.75) is 12.8 Å². The third-order valence-electron chi connectivity index (χ3n) is 5.15. The van der Waals surface area contributed by atoms with Crippen LogP contribution in [0.2, 0.25) is 0 Å². The predicted molar refractivity (Wildman–Crippen MR) is 122 cm³/mol. The van der Waals surface area contributed by atoms with Gasteiger partial charge in [0, 0.05) is 23.5 Å². The van der Waals surface area contributed by atoms with Gasteiger partial charge >= 0.3 is 0 Å². The highest BCUT2D eigenvalue weighted by molar-refractivity contribution is 7.19. The van der Waals surface area contributed by atoms with Crippen molar-refractivity contribution < 1.29 is 4.79 Å². The summed E-state index contributed by atoms with van der Waals surface area (Å²) in [4.78, 5) is 24.2. The van der Waals surface area contributed by atoms with Gasteiger partial charge in [-0.2, -0.15) is 5.10 Å². The van der Waals surface area contributed by atoms with E-state index in [2.05, 4.69) is 22.4 Å². The van der Waals surface area contributed by atoms with Crippen molar-refractivity contribution in [3.63, 3.8) is 0 Å². The topological polar surface area (TPSA) is 75.9 Å². The van der Waals surface area contributed by atoms with Crippen LogP contribution in [0.15, 0.2) is 54.9 Å². The number of anilines is 1. The molecule has 31 heavy (non-hydrogen) atoms. The summed E-state index contributed by atoms with van der Waals surface area (Å²) in [7, 11) is 3.74. The van der Waals surface area contributed by atoms with Gasteiger partial charge in [0.2, 0.25) is 5.91 Å². The van der Waals surface area contributed by atoms with E-state index in [0.717, 1.165) is 46.1 Å². The molecule has 0 aliphatic heterocycles. The van der Waals surface area contributed by atoms with Crippen LogP contribution in [-0.2, 0) is 17.6 Å². The number of nitrogens with one attached hydrogen (secondary N) is 1. The SMILES string of the molecule is CN(C)CC(=O)Nc1nc2c(s1)-c1c(c(-c3cccnc3)nn1-c1ccccc1)CC2. The standard InChI is InChI=1S/C23H22N6OS/c1-28(2)14-19(30)26-23-25-18-11-10-17-20(15-7-6-12-24-13-15)27-29(21(17)22(18)31-23)16-8-4-3-5-9-16/h3-9,12-13H,10-11,14H2,1-2H3,(H,25,26,30). The van der Waals surface area contributed by atoms with E-state index >= 15 is 0 Å². The Bertz CT molecular complexity index is 1230. The summed E-state index contributed by atoms with van der Waals surface area (Å²) in [5, 5.41) is 8.58. The second-order valence-electron chi connectivity index (χ2n) is 7.75. The molecule has 156 valence electrons. The Hall–Kier alpha value is -3.36. The van der Waals surface area contributed by atoms with Gasteiger partial charge in [0.25, 0.3) is 0 Å². The fraction of sp³-hybridized carbons (Fsp3) is 0.217. The second-order valence-corrected chi connectivity index (χ2v) is 8.74. The Morgan fingerprint density at radius 3 is 2.74 bits per heavy atom. The number of para-hydroxylation sites is 1. The second kappa shape index (κ2) is 8.05. The Balaban J connectivity index is 1.63. The van der Waals surface area contributed by atoms with Crippen LogP contribution >= 0.6 is 11.3 Å². The first-order chi connectivity index (χ1) is 15.1. The van der Waals surface area contributed by atoms with Crippen molar-refractivity contribution in [3.8, 4) is 27.5 Å². The summed E-state index contributed by atoms with van der Waals surface area (Å²) in [6, 6.07) is 14.1. The van der Waals surface area contributed by atoms with Gasteiger partial charge < -0.3 is 10.2 Å². The van der Waals surface area contributed by atoms with Crippen molar-refractivity contribution in [1.82, 2.24) is 24.6 Å². The van der Waals surface area contributed by atoms with Crippen LogP contribution in [0.3, 0.4) is 0 Å². The highest BCUT2D eigenvalue weighted by atomic mass is 32.1. The van der Waals surface area contributed by atoms with Crippen molar-refractivity contribution >= 4 is 22.4 Å². The molecule has 3 heterocycles. The van der Waals surface area contributed by atoms with E-state index in [1.54, 1.807) is 6.20 Å². The van der Waals surface area contributed by atoms with Crippen LogP contribution < -0.4 is 5.32 Å². The number of thiazole rings is 1. The lowest BCUT2D eigenvalue weighted by atomic mass is 9.95. The van der Waals surface area contributed by atoms with Gasteiger partial charge in [-0.1, -0.05) is 29.5 Å². The number of benzene rings is 1. The zero-order valence-corrected chi connectivity index (χ0v) is 18.2. The molecular formula is C23H22N6OS. The molecule has 1 amide bonds. The summed E-state index contributed by atoms with van der Waals surface area (Å²) in [6.45, 7) is 0.322. The van der Waals surface area contributed by atoms with E-state index in [-0.39, 0.29) is 5.91 Å². The maximum absolute atomic E-state index is 12.2. The van der Waals surface area contributed by atoms with Crippen LogP contribution in [0.5, 0.6) is 0 Å². The van der Waals surface area contributed by atoms with E-state index in [0.29, 0.717) is 11.7 Å². The fourth-order valence-corrected chi connectivity index (χ4v) is 4.95. The molecule has 0 fully saturated rings. The minimum atomic E-state index is -0.0658. The van der Waals surface area contributed by atoms with Crippen molar-refractivity contribution in [1.29, 1.82) is 0 Å². The quantitative estimate of drug-likeness (QED) is 0.523. The van der Waals surface area contributed by atoms with E-state index in [9.17, 15) is 4.79 Å². The average Bonchev–Trinajstić information content (AvgIpc) is 3.35. The predicted octanol–water partition coefficient (Wildman–Crippen LogP) is 3.66. The number of aromatic nitrogens is 4. The number of likely N-dealkylation sites (N-methyl/N-ethyl adjacent to an activating group) is 1. The number of carbonyl (C=O) groups is 1. The number of nitrogens with zero attached hydrogens (tertiary/aromatic N) is 5. The molecule has 0 spiro atoms. The van der Waals surface area contributed by atoms with Crippen LogP contribution in [0.4, 0.5) is 5.13 Å². The fourth-order valence-electron chi connectivity index (χ4n) is 3.86. The normalized spacial score (nSPS) is 12.5. The number of hydrogen-bond donors (Lipinski definition) is 1. The summed E-state index contributed by atoms with van der Waals surface area (Å²) < 4.78 is 2.00. The molecule has 4 aromatic rings. The van der Waals surface area contributed by atoms with E-state index < -0.39 is 0 Å². The Labute approximate surface area is 184 Å². The molecule has 0 atom stereocenters. The monoisotopic (exact) mass is 430 g/mol. The lowest BCUT2D eigenvalue weighted by Gasteiger charge is -2.14. The van der Waals surface area contributed by atoms with E-state index in [1.165, 1.54) is 16.9 Å². The van der Waals surface area contributed by atoms with Gasteiger partial charge in [0.1, 0.15) is 0 Å². The summed E-state index contributed by atoms with van der Waals surface area (Å²) >= 11 is 1.51. The molecule has 0 saturated heterocycles. The van der Waals surface area contributed by atoms with E-state index in [1.807, 2.05) is 60.2 Å². The summed E-state index contributed by atoms with van der Waals surface area (Å²) in [5.41, 5.74) is 6.20. The van der Waals surface area contributed by atoms with Gasteiger partial charge in [-0.25, -0.2) is 9.67 Å². The number of hydrogen-bond acceptors (Lipinski definition) is 6. The third-order valence-corrected chi connectivity index (χ3v) is 6.17.